The Bertz CT molecular complexity index is 559. The lowest BCUT2D eigenvalue weighted by atomic mass is 10.2. The van der Waals surface area contributed by atoms with Crippen LogP contribution in [0.4, 0.5) is 5.69 Å². The van der Waals surface area contributed by atoms with Crippen LogP contribution in [0.3, 0.4) is 0 Å². The lowest BCUT2D eigenvalue weighted by molar-refractivity contribution is 0.0951. The van der Waals surface area contributed by atoms with E-state index in [1.54, 1.807) is 11.6 Å². The van der Waals surface area contributed by atoms with Crippen LogP contribution in [0, 0.1) is 0 Å². The molecule has 0 aliphatic carbocycles. The van der Waals surface area contributed by atoms with Crippen LogP contribution in [-0.4, -0.2) is 23.4 Å². The van der Waals surface area contributed by atoms with Gasteiger partial charge in [0.1, 0.15) is 0 Å². The number of benzene rings is 1. The summed E-state index contributed by atoms with van der Waals surface area (Å²) in [4.78, 5) is 14.2. The summed E-state index contributed by atoms with van der Waals surface area (Å²) >= 11 is 1.29. The molecule has 0 unspecified atom stereocenters. The molecule has 1 aliphatic rings. The van der Waals surface area contributed by atoms with E-state index in [2.05, 4.69) is 38.9 Å². The molecule has 0 atom stereocenters. The second-order valence-corrected chi connectivity index (χ2v) is 5.61. The topological polar surface area (TPSA) is 45.2 Å². The normalized spacial score (nSPS) is 14.5. The highest BCUT2D eigenvalue weighted by molar-refractivity contribution is 7.03. The second kappa shape index (κ2) is 6.05. The van der Waals surface area contributed by atoms with Gasteiger partial charge in [-0.3, -0.25) is 4.79 Å². The van der Waals surface area contributed by atoms with E-state index < -0.39 is 0 Å². The number of rotatable bonds is 4. The monoisotopic (exact) mass is 287 g/mol. The molecule has 1 aliphatic heterocycles. The minimum Gasteiger partial charge on any atom is -0.372 e. The number of aromatic nitrogens is 1. The van der Waals surface area contributed by atoms with Crippen molar-refractivity contribution in [2.75, 3.05) is 18.0 Å². The van der Waals surface area contributed by atoms with Gasteiger partial charge in [0.05, 0.1) is 11.8 Å². The van der Waals surface area contributed by atoms with Gasteiger partial charge in [-0.05, 0) is 42.1 Å². The van der Waals surface area contributed by atoms with Gasteiger partial charge < -0.3 is 10.2 Å². The van der Waals surface area contributed by atoms with Gasteiger partial charge in [0, 0.05) is 30.7 Å². The van der Waals surface area contributed by atoms with Gasteiger partial charge in [0.15, 0.2) is 0 Å². The Morgan fingerprint density at radius 3 is 2.65 bits per heavy atom. The summed E-state index contributed by atoms with van der Waals surface area (Å²) < 4.78 is 3.93. The molecule has 0 saturated carbocycles. The molecule has 1 aromatic heterocycles. The van der Waals surface area contributed by atoms with Gasteiger partial charge in [-0.15, -0.1) is 0 Å². The van der Waals surface area contributed by atoms with Gasteiger partial charge in [-0.1, -0.05) is 12.1 Å². The molecule has 5 heteroatoms. The Labute approximate surface area is 122 Å². The van der Waals surface area contributed by atoms with Crippen LogP contribution in [0.2, 0.25) is 0 Å². The minimum atomic E-state index is -0.0673. The largest absolute Gasteiger partial charge is 0.372 e. The Kier molecular flexibility index (Phi) is 3.97. The first-order valence-corrected chi connectivity index (χ1v) is 7.68. The maximum atomic E-state index is 11.8. The van der Waals surface area contributed by atoms with Gasteiger partial charge in [-0.2, -0.15) is 0 Å². The Morgan fingerprint density at radius 1 is 1.25 bits per heavy atom. The molecular weight excluding hydrogens is 270 g/mol. The highest BCUT2D eigenvalue weighted by Crippen LogP contribution is 2.20. The molecule has 2 heterocycles. The minimum absolute atomic E-state index is 0.0673. The van der Waals surface area contributed by atoms with Crippen molar-refractivity contribution in [3.8, 4) is 0 Å². The van der Waals surface area contributed by atoms with Crippen molar-refractivity contribution in [3.63, 3.8) is 0 Å². The third-order valence-electron chi connectivity index (χ3n) is 3.56. The van der Waals surface area contributed by atoms with Crippen molar-refractivity contribution in [3.05, 3.63) is 47.0 Å². The number of nitrogens with one attached hydrogen (secondary N) is 1. The molecule has 1 saturated heterocycles. The van der Waals surface area contributed by atoms with E-state index in [-0.39, 0.29) is 5.91 Å². The highest BCUT2D eigenvalue weighted by atomic mass is 32.1. The average molecular weight is 287 g/mol. The first kappa shape index (κ1) is 13.1. The van der Waals surface area contributed by atoms with Crippen LogP contribution >= 0.6 is 11.5 Å². The summed E-state index contributed by atoms with van der Waals surface area (Å²) in [5.41, 5.74) is 3.02. The van der Waals surface area contributed by atoms with E-state index >= 15 is 0 Å². The van der Waals surface area contributed by atoms with Gasteiger partial charge in [0.25, 0.3) is 5.91 Å². The van der Waals surface area contributed by atoms with E-state index in [1.807, 2.05) is 0 Å². The summed E-state index contributed by atoms with van der Waals surface area (Å²) in [6.07, 6.45) is 4.16. The number of nitrogens with zero attached hydrogens (tertiary/aromatic N) is 2. The summed E-state index contributed by atoms with van der Waals surface area (Å²) in [6, 6.07) is 8.44. The van der Waals surface area contributed by atoms with Gasteiger partial charge in [-0.25, -0.2) is 4.37 Å². The SMILES string of the molecule is O=C(NCc1ccc(N2CCCC2)cc1)c1cnsc1. The maximum Gasteiger partial charge on any atom is 0.254 e. The lowest BCUT2D eigenvalue weighted by Gasteiger charge is -2.17. The Morgan fingerprint density at radius 2 is 2.00 bits per heavy atom. The molecule has 1 aromatic carbocycles. The lowest BCUT2D eigenvalue weighted by Crippen LogP contribution is -2.22. The van der Waals surface area contributed by atoms with E-state index in [4.69, 9.17) is 0 Å². The Hall–Kier alpha value is -1.88. The summed E-state index contributed by atoms with van der Waals surface area (Å²) in [5.74, 6) is -0.0673. The number of amides is 1. The average Bonchev–Trinajstić information content (AvgIpc) is 3.18. The zero-order valence-electron chi connectivity index (χ0n) is 11.2. The highest BCUT2D eigenvalue weighted by Gasteiger charge is 2.12. The quantitative estimate of drug-likeness (QED) is 0.940. The molecule has 0 radical (unpaired) electrons. The molecule has 4 nitrogen and oxygen atoms in total. The van der Waals surface area contributed by atoms with Crippen molar-refractivity contribution in [2.24, 2.45) is 0 Å². The van der Waals surface area contributed by atoms with Crippen molar-refractivity contribution in [1.29, 1.82) is 0 Å². The molecular formula is C15H17N3OS. The van der Waals surface area contributed by atoms with Crippen molar-refractivity contribution in [2.45, 2.75) is 19.4 Å². The van der Waals surface area contributed by atoms with Gasteiger partial charge >= 0.3 is 0 Å². The fourth-order valence-electron chi connectivity index (χ4n) is 2.40. The van der Waals surface area contributed by atoms with Crippen LogP contribution in [-0.2, 0) is 6.54 Å². The van der Waals surface area contributed by atoms with Crippen molar-refractivity contribution < 1.29 is 4.79 Å². The molecule has 1 N–H and O–H groups in total. The fraction of sp³-hybridized carbons (Fsp3) is 0.333. The number of carbonyl (C=O) groups is 1. The summed E-state index contributed by atoms with van der Waals surface area (Å²) in [5, 5.41) is 4.66. The first-order valence-electron chi connectivity index (χ1n) is 6.84. The second-order valence-electron chi connectivity index (χ2n) is 4.96. The molecule has 104 valence electrons. The molecule has 20 heavy (non-hydrogen) atoms. The number of carbonyl (C=O) groups excluding carboxylic acids is 1. The number of hydrogen-bond acceptors (Lipinski definition) is 4. The van der Waals surface area contributed by atoms with Crippen LogP contribution in [0.25, 0.3) is 0 Å². The van der Waals surface area contributed by atoms with Crippen molar-refractivity contribution >= 4 is 23.1 Å². The predicted molar refractivity (Wildman–Crippen MR) is 81.2 cm³/mol. The predicted octanol–water partition coefficient (Wildman–Crippen LogP) is 2.67. The van der Waals surface area contributed by atoms with Crippen molar-refractivity contribution in [1.82, 2.24) is 9.69 Å². The van der Waals surface area contributed by atoms with Gasteiger partial charge in [0.2, 0.25) is 0 Å². The van der Waals surface area contributed by atoms with E-state index in [0.717, 1.165) is 18.7 Å². The molecule has 2 aromatic rings. The standard InChI is InChI=1S/C15H17N3OS/c19-15(13-10-17-20-11-13)16-9-12-3-5-14(6-4-12)18-7-1-2-8-18/h3-6,10-11H,1-2,7-9H2,(H,16,19). The first-order chi connectivity index (χ1) is 9.83. The number of anilines is 1. The molecule has 0 bridgehead atoms. The summed E-state index contributed by atoms with van der Waals surface area (Å²) in [6.45, 7) is 2.86. The molecule has 3 rings (SSSR count). The van der Waals surface area contributed by atoms with E-state index in [9.17, 15) is 4.79 Å². The smallest absolute Gasteiger partial charge is 0.254 e. The molecule has 0 spiro atoms. The third kappa shape index (κ3) is 2.99. The molecule has 1 fully saturated rings. The van der Waals surface area contributed by atoms with Crippen LogP contribution in [0.5, 0.6) is 0 Å². The van der Waals surface area contributed by atoms with Crippen LogP contribution in [0.15, 0.2) is 35.8 Å². The Balaban J connectivity index is 1.56. The molecule has 1 amide bonds. The zero-order valence-corrected chi connectivity index (χ0v) is 12.0. The third-order valence-corrected chi connectivity index (χ3v) is 4.14. The van der Waals surface area contributed by atoms with Crippen LogP contribution < -0.4 is 10.2 Å². The zero-order chi connectivity index (χ0) is 13.8. The summed E-state index contributed by atoms with van der Waals surface area (Å²) in [7, 11) is 0. The van der Waals surface area contributed by atoms with Crippen LogP contribution in [0.1, 0.15) is 28.8 Å². The number of hydrogen-bond donors (Lipinski definition) is 1. The fourth-order valence-corrected chi connectivity index (χ4v) is 2.92. The van der Waals surface area contributed by atoms with E-state index in [0.29, 0.717) is 12.1 Å². The maximum absolute atomic E-state index is 11.8. The van der Waals surface area contributed by atoms with E-state index in [1.165, 1.54) is 30.1 Å².